The zero-order valence-electron chi connectivity index (χ0n) is 16.5. The topological polar surface area (TPSA) is 80.6 Å². The minimum atomic E-state index is -3.77. The van der Waals surface area contributed by atoms with E-state index in [-0.39, 0.29) is 51.4 Å². The molecule has 6 nitrogen and oxygen atoms in total. The first-order valence-corrected chi connectivity index (χ1v) is 11.7. The number of aryl methyl sites for hydroxylation is 2. The third-order valence-corrected chi connectivity index (χ3v) is 8.22. The number of nitrogens with one attached hydrogen (secondary N) is 1. The average molecular weight is 428 g/mol. The van der Waals surface area contributed by atoms with E-state index in [1.807, 2.05) is 0 Å². The number of carbonyl (C=O) groups is 1. The molecule has 0 aromatic heterocycles. The van der Waals surface area contributed by atoms with Gasteiger partial charge in [-0.3, -0.25) is 9.69 Å². The van der Waals surface area contributed by atoms with Crippen LogP contribution >= 0.6 is 0 Å². The van der Waals surface area contributed by atoms with Crippen molar-refractivity contribution in [2.24, 2.45) is 0 Å². The van der Waals surface area contributed by atoms with Crippen LogP contribution in [0.4, 0.5) is 10.5 Å². The Morgan fingerprint density at radius 1 is 1.04 bits per heavy atom. The number of anilines is 1. The molecule has 1 heterocycles. The number of rotatable bonds is 4. The molecule has 146 valence electrons. The first kappa shape index (κ1) is 21.3. The van der Waals surface area contributed by atoms with Gasteiger partial charge < -0.3 is 10.0 Å². The van der Waals surface area contributed by atoms with Crippen molar-refractivity contribution in [1.82, 2.24) is 4.90 Å². The van der Waals surface area contributed by atoms with Gasteiger partial charge in [0.1, 0.15) is 0 Å². The van der Waals surface area contributed by atoms with E-state index < -0.39 is 21.3 Å². The SMILES string of the molecule is O=C([N-]S(=O)(=O)C1CCN(C2CC2)C1)Nc1c2c(cc3c1CCC3)CCC2.[K+]. The number of nitrogens with zero attached hydrogens (tertiary/aromatic N) is 2. The van der Waals surface area contributed by atoms with Gasteiger partial charge in [-0.1, -0.05) is 6.07 Å². The Hall–Kier alpha value is 0.0364. The number of likely N-dealkylation sites (tertiary alicyclic amines) is 1. The van der Waals surface area contributed by atoms with Crippen LogP contribution in [0.1, 0.15) is 54.4 Å². The van der Waals surface area contributed by atoms with Gasteiger partial charge in [-0.2, -0.15) is 0 Å². The number of carbonyl (C=O) groups excluding carboxylic acids is 1. The summed E-state index contributed by atoms with van der Waals surface area (Å²) in [5.74, 6) is 0. The van der Waals surface area contributed by atoms with Gasteiger partial charge in [0.25, 0.3) is 0 Å². The van der Waals surface area contributed by atoms with Gasteiger partial charge in [-0.05, 0) is 92.3 Å². The molecule has 1 saturated heterocycles. The molecule has 0 radical (unpaired) electrons. The molecule has 8 heteroatoms. The van der Waals surface area contributed by atoms with Crippen molar-refractivity contribution in [3.8, 4) is 0 Å². The Bertz CT molecular complexity index is 866. The van der Waals surface area contributed by atoms with E-state index in [4.69, 9.17) is 0 Å². The van der Waals surface area contributed by atoms with Gasteiger partial charge in [0.2, 0.25) is 0 Å². The summed E-state index contributed by atoms with van der Waals surface area (Å²) >= 11 is 0. The summed E-state index contributed by atoms with van der Waals surface area (Å²) in [6, 6.07) is 2.11. The number of fused-ring (bicyclic) bond motifs is 2. The molecule has 1 unspecified atom stereocenters. The van der Waals surface area contributed by atoms with Crippen molar-refractivity contribution in [3.05, 3.63) is 33.0 Å². The van der Waals surface area contributed by atoms with Crippen molar-refractivity contribution in [2.75, 3.05) is 18.4 Å². The first-order chi connectivity index (χ1) is 13.0. The summed E-state index contributed by atoms with van der Waals surface area (Å²) in [5, 5.41) is 2.32. The van der Waals surface area contributed by atoms with E-state index in [2.05, 4.69) is 21.0 Å². The van der Waals surface area contributed by atoms with Gasteiger partial charge >= 0.3 is 51.4 Å². The monoisotopic (exact) mass is 427 g/mol. The second-order valence-corrected chi connectivity index (χ2v) is 10.3. The largest absolute Gasteiger partial charge is 1.00 e. The summed E-state index contributed by atoms with van der Waals surface area (Å²) < 4.78 is 28.9. The average Bonchev–Trinajstić information content (AvgIpc) is 3.05. The number of amides is 2. The molecule has 1 aromatic carbocycles. The molecule has 1 saturated carbocycles. The molecule has 3 aliphatic carbocycles. The van der Waals surface area contributed by atoms with Crippen molar-refractivity contribution in [2.45, 2.75) is 69.1 Å². The zero-order valence-corrected chi connectivity index (χ0v) is 20.5. The normalized spacial score (nSPS) is 23.8. The first-order valence-electron chi connectivity index (χ1n) is 10.2. The van der Waals surface area contributed by atoms with Crippen LogP contribution in [-0.2, 0) is 35.7 Å². The number of hydrogen-bond donors (Lipinski definition) is 1. The summed E-state index contributed by atoms with van der Waals surface area (Å²) in [4.78, 5) is 14.8. The molecular weight excluding hydrogens is 401 g/mol. The maximum Gasteiger partial charge on any atom is 1.00 e. The Morgan fingerprint density at radius 3 is 2.29 bits per heavy atom. The van der Waals surface area contributed by atoms with Crippen molar-refractivity contribution in [3.63, 3.8) is 0 Å². The maximum absolute atomic E-state index is 12.6. The third kappa shape index (κ3) is 4.11. The fourth-order valence-corrected chi connectivity index (χ4v) is 6.26. The van der Waals surface area contributed by atoms with Crippen LogP contribution in [0, 0.1) is 0 Å². The van der Waals surface area contributed by atoms with Crippen LogP contribution in [0.2, 0.25) is 0 Å². The third-order valence-electron chi connectivity index (χ3n) is 6.58. The summed E-state index contributed by atoms with van der Waals surface area (Å²) in [6.45, 7) is 1.31. The molecule has 28 heavy (non-hydrogen) atoms. The minimum Gasteiger partial charge on any atom is -0.423 e. The Morgan fingerprint density at radius 2 is 1.68 bits per heavy atom. The van der Waals surface area contributed by atoms with E-state index in [0.29, 0.717) is 19.0 Å². The molecule has 0 bridgehead atoms. The second kappa shape index (κ2) is 8.28. The van der Waals surface area contributed by atoms with Crippen LogP contribution < -0.4 is 56.7 Å². The molecule has 0 spiro atoms. The fourth-order valence-electron chi connectivity index (χ4n) is 5.06. The van der Waals surface area contributed by atoms with Gasteiger partial charge in [0, 0.05) is 12.6 Å². The molecule has 5 rings (SSSR count). The molecule has 4 aliphatic rings. The molecule has 1 aliphatic heterocycles. The maximum atomic E-state index is 12.6. The van der Waals surface area contributed by atoms with Gasteiger partial charge in [-0.25, -0.2) is 8.42 Å². The van der Waals surface area contributed by atoms with Crippen molar-refractivity contribution >= 4 is 21.7 Å². The molecule has 2 amide bonds. The predicted molar refractivity (Wildman–Crippen MR) is 105 cm³/mol. The van der Waals surface area contributed by atoms with Crippen molar-refractivity contribution in [1.29, 1.82) is 0 Å². The summed E-state index contributed by atoms with van der Waals surface area (Å²) in [5.41, 5.74) is 5.86. The van der Waals surface area contributed by atoms with Crippen LogP contribution in [0.15, 0.2) is 6.07 Å². The Balaban J connectivity index is 0.00000192. The fraction of sp³-hybridized carbons (Fsp3) is 0.650. The molecule has 1 aromatic rings. The van der Waals surface area contributed by atoms with Gasteiger partial charge in [-0.15, -0.1) is 0 Å². The molecule has 1 N–H and O–H groups in total. The van der Waals surface area contributed by atoms with E-state index >= 15 is 0 Å². The van der Waals surface area contributed by atoms with Crippen LogP contribution in [0.25, 0.3) is 4.72 Å². The van der Waals surface area contributed by atoms with Gasteiger partial charge in [0.05, 0.1) is 5.25 Å². The molecule has 1 atom stereocenters. The number of sulfonamides is 1. The summed E-state index contributed by atoms with van der Waals surface area (Å²) in [6.07, 6.45) is 9.06. The van der Waals surface area contributed by atoms with Crippen LogP contribution in [0.5, 0.6) is 0 Å². The smallest absolute Gasteiger partial charge is 0.423 e. The zero-order chi connectivity index (χ0) is 18.6. The van der Waals surface area contributed by atoms with Crippen LogP contribution in [0.3, 0.4) is 0 Å². The molecular formula is C20H26KN3O3S. The van der Waals surface area contributed by atoms with E-state index in [9.17, 15) is 13.2 Å². The minimum absolute atomic E-state index is 0. The standard InChI is InChI=1S/C20H27N3O3S.K/c24-20(22-27(25,26)16-9-10-23(12-16)15-7-8-15)21-19-17-5-1-3-13(17)11-14-4-2-6-18(14)19;/h11,15-16H,1-10,12H2,(H2,21,22,24);/q;+1/p-1. The van der Waals surface area contributed by atoms with Crippen molar-refractivity contribution < 1.29 is 64.6 Å². The summed E-state index contributed by atoms with van der Waals surface area (Å²) in [7, 11) is -3.77. The Labute approximate surface area is 209 Å². The quantitative estimate of drug-likeness (QED) is 0.693. The predicted octanol–water partition coefficient (Wildman–Crippen LogP) is 0.140. The number of urea groups is 1. The molecule has 2 fully saturated rings. The Kier molecular flexibility index (Phi) is 6.29. The van der Waals surface area contributed by atoms with Gasteiger partial charge in [0.15, 0.2) is 16.1 Å². The second-order valence-electron chi connectivity index (χ2n) is 8.41. The van der Waals surface area contributed by atoms with E-state index in [1.165, 1.54) is 22.3 Å². The number of benzene rings is 1. The van der Waals surface area contributed by atoms with E-state index in [1.54, 1.807) is 0 Å². The van der Waals surface area contributed by atoms with E-state index in [0.717, 1.165) is 63.6 Å². The van der Waals surface area contributed by atoms with Crippen LogP contribution in [-0.4, -0.2) is 43.7 Å². The number of hydrogen-bond acceptors (Lipinski definition) is 4.